The zero-order chi connectivity index (χ0) is 11.0. The molecule has 1 unspecified atom stereocenters. The van der Waals surface area contributed by atoms with Gasteiger partial charge in [0, 0.05) is 0 Å². The van der Waals surface area contributed by atoms with Crippen molar-refractivity contribution < 1.29 is 0 Å². The van der Waals surface area contributed by atoms with Crippen LogP contribution in [-0.4, -0.2) is 0 Å². The van der Waals surface area contributed by atoms with Gasteiger partial charge in [0.05, 0.1) is 0 Å². The maximum Gasteiger partial charge on any atom is -0.0174 e. The highest BCUT2D eigenvalue weighted by molar-refractivity contribution is 5.35. The Bertz CT molecular complexity index is 293. The highest BCUT2D eigenvalue weighted by atomic mass is 14.3. The minimum atomic E-state index is 0.760. The molecule has 2 rings (SSSR count). The third-order valence-electron chi connectivity index (χ3n) is 4.21. The molecule has 0 heteroatoms. The van der Waals surface area contributed by atoms with E-state index in [0.29, 0.717) is 0 Å². The molecule has 0 fully saturated rings. The molecular formula is C15H24. The van der Waals surface area contributed by atoms with E-state index in [1.54, 1.807) is 11.1 Å². The summed E-state index contributed by atoms with van der Waals surface area (Å²) in [7, 11) is 0. The van der Waals surface area contributed by atoms with Crippen LogP contribution in [0.15, 0.2) is 23.3 Å². The van der Waals surface area contributed by atoms with E-state index in [0.717, 1.165) is 23.7 Å². The first kappa shape index (κ1) is 11.0. The average molecular weight is 204 g/mol. The van der Waals surface area contributed by atoms with Gasteiger partial charge in [-0.1, -0.05) is 45.4 Å². The largest absolute Gasteiger partial charge is 0.0811 e. The standard InChI is InChI=1S/C15H24/c1-10(2)13-8-6-12(4)14-7-5-11(3)9-15(13)14/h5,7,10-13H,6,8-9H2,1-4H3/t11?,12-,13+/m1/s1. The van der Waals surface area contributed by atoms with Gasteiger partial charge in [-0.15, -0.1) is 0 Å². The van der Waals surface area contributed by atoms with Crippen LogP contribution in [0.1, 0.15) is 47.0 Å². The molecular weight excluding hydrogens is 180 g/mol. The van der Waals surface area contributed by atoms with Gasteiger partial charge in [-0.3, -0.25) is 0 Å². The van der Waals surface area contributed by atoms with Gasteiger partial charge in [0.15, 0.2) is 0 Å². The molecule has 0 aromatic rings. The fraction of sp³-hybridized carbons (Fsp3) is 0.733. The fourth-order valence-electron chi connectivity index (χ4n) is 3.25. The van der Waals surface area contributed by atoms with E-state index in [1.807, 2.05) is 0 Å². The molecule has 3 atom stereocenters. The second kappa shape index (κ2) is 4.15. The van der Waals surface area contributed by atoms with Crippen molar-refractivity contribution in [2.24, 2.45) is 23.7 Å². The van der Waals surface area contributed by atoms with Crippen LogP contribution in [0.5, 0.6) is 0 Å². The highest BCUT2D eigenvalue weighted by Gasteiger charge is 2.30. The summed E-state index contributed by atoms with van der Waals surface area (Å²) >= 11 is 0. The van der Waals surface area contributed by atoms with Gasteiger partial charge in [0.2, 0.25) is 0 Å². The summed E-state index contributed by atoms with van der Waals surface area (Å²) in [5.74, 6) is 3.25. The molecule has 0 amide bonds. The summed E-state index contributed by atoms with van der Waals surface area (Å²) in [6, 6.07) is 0. The lowest BCUT2D eigenvalue weighted by molar-refractivity contribution is 0.336. The Morgan fingerprint density at radius 3 is 2.60 bits per heavy atom. The molecule has 0 radical (unpaired) electrons. The molecule has 0 heterocycles. The normalized spacial score (nSPS) is 35.9. The molecule has 0 aliphatic heterocycles. The predicted octanol–water partition coefficient (Wildman–Crippen LogP) is 4.58. The van der Waals surface area contributed by atoms with Crippen molar-refractivity contribution in [1.29, 1.82) is 0 Å². The minimum Gasteiger partial charge on any atom is -0.0811 e. The molecule has 0 saturated heterocycles. The average Bonchev–Trinajstić information content (AvgIpc) is 2.17. The molecule has 0 bridgehead atoms. The summed E-state index contributed by atoms with van der Waals surface area (Å²) in [4.78, 5) is 0. The molecule has 0 aromatic carbocycles. The first-order chi connectivity index (χ1) is 7.09. The summed E-state index contributed by atoms with van der Waals surface area (Å²) in [5, 5.41) is 0. The van der Waals surface area contributed by atoms with Gasteiger partial charge in [0.1, 0.15) is 0 Å². The summed E-state index contributed by atoms with van der Waals surface area (Å²) in [6.45, 7) is 9.51. The SMILES string of the molecule is CC1C=CC2=C(C1)[C@H](C(C)C)CC[C@H]2C. The van der Waals surface area contributed by atoms with Crippen LogP contribution in [0.2, 0.25) is 0 Å². The Hall–Kier alpha value is -0.520. The van der Waals surface area contributed by atoms with Crippen molar-refractivity contribution in [3.8, 4) is 0 Å². The van der Waals surface area contributed by atoms with Crippen molar-refractivity contribution in [1.82, 2.24) is 0 Å². The minimum absolute atomic E-state index is 0.760. The van der Waals surface area contributed by atoms with Crippen molar-refractivity contribution in [2.75, 3.05) is 0 Å². The van der Waals surface area contributed by atoms with Gasteiger partial charge in [0.25, 0.3) is 0 Å². The van der Waals surface area contributed by atoms with Gasteiger partial charge in [-0.05, 0) is 48.5 Å². The Labute approximate surface area is 94.5 Å². The molecule has 84 valence electrons. The number of hydrogen-bond acceptors (Lipinski definition) is 0. The lowest BCUT2D eigenvalue weighted by Crippen LogP contribution is -2.24. The van der Waals surface area contributed by atoms with E-state index >= 15 is 0 Å². The van der Waals surface area contributed by atoms with E-state index in [4.69, 9.17) is 0 Å². The molecule has 0 nitrogen and oxygen atoms in total. The second-order valence-corrected chi connectivity index (χ2v) is 5.85. The Balaban J connectivity index is 2.32. The second-order valence-electron chi connectivity index (χ2n) is 5.85. The molecule has 0 N–H and O–H groups in total. The lowest BCUT2D eigenvalue weighted by Gasteiger charge is -2.37. The van der Waals surface area contributed by atoms with Gasteiger partial charge in [-0.2, -0.15) is 0 Å². The third-order valence-corrected chi connectivity index (χ3v) is 4.21. The van der Waals surface area contributed by atoms with Crippen molar-refractivity contribution in [3.05, 3.63) is 23.3 Å². The first-order valence-corrected chi connectivity index (χ1v) is 6.50. The molecule has 2 aliphatic carbocycles. The summed E-state index contributed by atoms with van der Waals surface area (Å²) in [5.41, 5.74) is 3.47. The van der Waals surface area contributed by atoms with Crippen LogP contribution >= 0.6 is 0 Å². The zero-order valence-corrected chi connectivity index (χ0v) is 10.6. The molecule has 2 aliphatic rings. The van der Waals surface area contributed by atoms with Gasteiger partial charge >= 0.3 is 0 Å². The number of rotatable bonds is 1. The predicted molar refractivity (Wildman–Crippen MR) is 66.7 cm³/mol. The van der Waals surface area contributed by atoms with Crippen LogP contribution < -0.4 is 0 Å². The molecule has 0 spiro atoms. The highest BCUT2D eigenvalue weighted by Crippen LogP contribution is 2.43. The maximum absolute atomic E-state index is 2.42. The van der Waals surface area contributed by atoms with Crippen LogP contribution in [0.4, 0.5) is 0 Å². The lowest BCUT2D eigenvalue weighted by atomic mass is 9.69. The van der Waals surface area contributed by atoms with E-state index in [1.165, 1.54) is 19.3 Å². The van der Waals surface area contributed by atoms with E-state index in [2.05, 4.69) is 39.8 Å². The smallest absolute Gasteiger partial charge is 0.0174 e. The Morgan fingerprint density at radius 1 is 1.20 bits per heavy atom. The van der Waals surface area contributed by atoms with Crippen LogP contribution in [0, 0.1) is 23.7 Å². The zero-order valence-electron chi connectivity index (χ0n) is 10.6. The molecule has 0 aromatic heterocycles. The van der Waals surface area contributed by atoms with E-state index in [-0.39, 0.29) is 0 Å². The fourth-order valence-corrected chi connectivity index (χ4v) is 3.25. The summed E-state index contributed by atoms with van der Waals surface area (Å²) < 4.78 is 0. The van der Waals surface area contributed by atoms with Crippen molar-refractivity contribution >= 4 is 0 Å². The van der Waals surface area contributed by atoms with Gasteiger partial charge < -0.3 is 0 Å². The quantitative estimate of drug-likeness (QED) is 0.586. The molecule has 0 saturated carbocycles. The van der Waals surface area contributed by atoms with Crippen molar-refractivity contribution in [3.63, 3.8) is 0 Å². The monoisotopic (exact) mass is 204 g/mol. The van der Waals surface area contributed by atoms with E-state index < -0.39 is 0 Å². The van der Waals surface area contributed by atoms with E-state index in [9.17, 15) is 0 Å². The topological polar surface area (TPSA) is 0 Å². The van der Waals surface area contributed by atoms with Gasteiger partial charge in [-0.25, -0.2) is 0 Å². The van der Waals surface area contributed by atoms with Crippen LogP contribution in [-0.2, 0) is 0 Å². The van der Waals surface area contributed by atoms with Crippen LogP contribution in [0.3, 0.4) is 0 Å². The molecule has 15 heavy (non-hydrogen) atoms. The number of hydrogen-bond donors (Lipinski definition) is 0. The summed E-state index contributed by atoms with van der Waals surface area (Å²) in [6.07, 6.45) is 8.94. The number of allylic oxidation sites excluding steroid dienone is 4. The van der Waals surface area contributed by atoms with Crippen LogP contribution in [0.25, 0.3) is 0 Å². The van der Waals surface area contributed by atoms with Crippen molar-refractivity contribution in [2.45, 2.75) is 47.0 Å². The first-order valence-electron chi connectivity index (χ1n) is 6.50. The third kappa shape index (κ3) is 2.04. The Kier molecular flexibility index (Phi) is 3.04. The Morgan fingerprint density at radius 2 is 1.93 bits per heavy atom. The maximum atomic E-state index is 2.42.